The minimum Gasteiger partial charge on any atom is -0.370 e. The van der Waals surface area contributed by atoms with Gasteiger partial charge in [-0.2, -0.15) is 0 Å². The number of primary amides is 1. The lowest BCUT2D eigenvalue weighted by atomic mass is 9.61. The summed E-state index contributed by atoms with van der Waals surface area (Å²) in [6.07, 6.45) is 0.255. The second-order valence-corrected chi connectivity index (χ2v) is 3.30. The molecule has 0 aliphatic rings. The summed E-state index contributed by atoms with van der Waals surface area (Å²) in [6, 6.07) is 0. The highest BCUT2D eigenvalue weighted by Crippen LogP contribution is 2.33. The Kier molecular flexibility index (Phi) is 2.94. The van der Waals surface area contributed by atoms with E-state index in [0.29, 0.717) is 0 Å². The Labute approximate surface area is 63.6 Å². The molecule has 1 amide bonds. The third-order valence-electron chi connectivity index (χ3n) is 1.87. The van der Waals surface area contributed by atoms with Crippen LogP contribution in [-0.4, -0.2) is 13.8 Å². The Morgan fingerprint density at radius 3 is 2.20 bits per heavy atom. The van der Waals surface area contributed by atoms with Crippen LogP contribution in [0.2, 0.25) is 5.31 Å². The van der Waals surface area contributed by atoms with E-state index in [1.54, 1.807) is 0 Å². The largest absolute Gasteiger partial charge is 0.370 e. The van der Waals surface area contributed by atoms with Crippen molar-refractivity contribution in [2.75, 3.05) is 0 Å². The Morgan fingerprint density at radius 2 is 2.10 bits per heavy atom. The van der Waals surface area contributed by atoms with E-state index < -0.39 is 5.31 Å². The fourth-order valence-electron chi connectivity index (χ4n) is 0.580. The highest BCUT2D eigenvalue weighted by atomic mass is 16.1. The van der Waals surface area contributed by atoms with Crippen molar-refractivity contribution < 1.29 is 4.79 Å². The maximum Gasteiger partial charge on any atom is 0.217 e. The highest BCUT2D eigenvalue weighted by molar-refractivity contribution is 6.16. The molecule has 0 aromatic carbocycles. The zero-order valence-electron chi connectivity index (χ0n) is 6.85. The van der Waals surface area contributed by atoms with Crippen molar-refractivity contribution in [3.8, 4) is 0 Å². The van der Waals surface area contributed by atoms with Gasteiger partial charge in [-0.15, -0.1) is 0 Å². The minimum absolute atomic E-state index is 0.255. The van der Waals surface area contributed by atoms with Crippen LogP contribution in [0.15, 0.2) is 0 Å². The molecule has 0 aromatic heterocycles. The molecule has 1 atom stereocenters. The molecule has 0 fully saturated rings. The van der Waals surface area contributed by atoms with Gasteiger partial charge in [-0.25, -0.2) is 0 Å². The zero-order valence-corrected chi connectivity index (χ0v) is 6.85. The van der Waals surface area contributed by atoms with Crippen molar-refractivity contribution in [2.24, 2.45) is 11.7 Å². The lowest BCUT2D eigenvalue weighted by Crippen LogP contribution is -2.24. The van der Waals surface area contributed by atoms with Gasteiger partial charge in [-0.05, 0) is 5.92 Å². The fourth-order valence-corrected chi connectivity index (χ4v) is 0.580. The topological polar surface area (TPSA) is 43.1 Å². The van der Waals surface area contributed by atoms with Crippen LogP contribution >= 0.6 is 0 Å². The van der Waals surface area contributed by atoms with Gasteiger partial charge < -0.3 is 5.73 Å². The van der Waals surface area contributed by atoms with Gasteiger partial charge >= 0.3 is 0 Å². The average molecular weight is 139 g/mol. The van der Waals surface area contributed by atoms with Gasteiger partial charge in [-0.1, -0.05) is 26.1 Å². The van der Waals surface area contributed by atoms with E-state index in [4.69, 9.17) is 13.6 Å². The number of rotatable bonds is 3. The fraction of sp³-hybridized carbons (Fsp3) is 0.857. The van der Waals surface area contributed by atoms with E-state index in [-0.39, 0.29) is 18.2 Å². The summed E-state index contributed by atoms with van der Waals surface area (Å²) in [5.41, 5.74) is 5.00. The van der Waals surface area contributed by atoms with Gasteiger partial charge in [0.25, 0.3) is 0 Å². The summed E-state index contributed by atoms with van der Waals surface area (Å²) < 4.78 is 0. The van der Waals surface area contributed by atoms with Crippen LogP contribution in [0.1, 0.15) is 27.2 Å². The maximum absolute atomic E-state index is 10.5. The summed E-state index contributed by atoms with van der Waals surface area (Å²) in [6.45, 7) is 5.79. The number of carbonyl (C=O) groups excluding carboxylic acids is 1. The molecule has 10 heavy (non-hydrogen) atoms. The Balaban J connectivity index is 3.99. The van der Waals surface area contributed by atoms with Crippen molar-refractivity contribution in [3.63, 3.8) is 0 Å². The molecule has 2 radical (unpaired) electrons. The first-order valence-corrected chi connectivity index (χ1v) is 3.43. The van der Waals surface area contributed by atoms with Gasteiger partial charge in [0.15, 0.2) is 0 Å². The van der Waals surface area contributed by atoms with Crippen LogP contribution in [0.5, 0.6) is 0 Å². The molecule has 0 aliphatic carbocycles. The maximum atomic E-state index is 10.5. The molecule has 0 rings (SSSR count). The molecule has 3 heteroatoms. The van der Waals surface area contributed by atoms with Crippen LogP contribution in [-0.2, 0) is 4.79 Å². The Bertz CT molecular complexity index is 132. The summed E-state index contributed by atoms with van der Waals surface area (Å²) in [7, 11) is 5.76. The van der Waals surface area contributed by atoms with E-state index in [9.17, 15) is 4.79 Å². The minimum atomic E-state index is -0.453. The molecule has 2 nitrogen and oxygen atoms in total. The van der Waals surface area contributed by atoms with Gasteiger partial charge in [0.2, 0.25) is 5.91 Å². The molecular formula is C7H14BNO. The molecule has 0 aromatic rings. The van der Waals surface area contributed by atoms with E-state index in [1.807, 2.05) is 20.8 Å². The average Bonchev–Trinajstić information content (AvgIpc) is 1.60. The lowest BCUT2D eigenvalue weighted by molar-refractivity contribution is -0.118. The van der Waals surface area contributed by atoms with Crippen molar-refractivity contribution in [1.82, 2.24) is 0 Å². The second kappa shape index (κ2) is 3.08. The summed E-state index contributed by atoms with van der Waals surface area (Å²) >= 11 is 0. The zero-order chi connectivity index (χ0) is 8.36. The molecule has 0 aliphatic heterocycles. The number of nitrogens with two attached hydrogens (primary N) is 1. The number of hydrogen-bond donors (Lipinski definition) is 1. The molecule has 0 spiro atoms. The van der Waals surface area contributed by atoms with E-state index >= 15 is 0 Å². The highest BCUT2D eigenvalue weighted by Gasteiger charge is 2.23. The van der Waals surface area contributed by atoms with Gasteiger partial charge in [0, 0.05) is 6.42 Å². The summed E-state index contributed by atoms with van der Waals surface area (Å²) in [5.74, 6) is -0.0568. The molecule has 0 heterocycles. The smallest absolute Gasteiger partial charge is 0.217 e. The second-order valence-electron chi connectivity index (χ2n) is 3.30. The lowest BCUT2D eigenvalue weighted by Gasteiger charge is -2.27. The van der Waals surface area contributed by atoms with Gasteiger partial charge in [0.1, 0.15) is 0 Å². The van der Waals surface area contributed by atoms with Crippen molar-refractivity contribution in [2.45, 2.75) is 32.5 Å². The van der Waals surface area contributed by atoms with Crippen LogP contribution in [0.4, 0.5) is 0 Å². The van der Waals surface area contributed by atoms with Crippen molar-refractivity contribution in [1.29, 1.82) is 0 Å². The summed E-state index contributed by atoms with van der Waals surface area (Å²) in [4.78, 5) is 10.5. The predicted octanol–water partition coefficient (Wildman–Crippen LogP) is 0.865. The molecule has 56 valence electrons. The van der Waals surface area contributed by atoms with Crippen LogP contribution in [0.25, 0.3) is 0 Å². The summed E-state index contributed by atoms with van der Waals surface area (Å²) in [5, 5.41) is -0.453. The molecule has 2 N–H and O–H groups in total. The van der Waals surface area contributed by atoms with E-state index in [2.05, 4.69) is 0 Å². The monoisotopic (exact) mass is 139 g/mol. The molecule has 1 unspecified atom stereocenters. The first-order valence-electron chi connectivity index (χ1n) is 3.43. The number of amides is 1. The van der Waals surface area contributed by atoms with Gasteiger partial charge in [-0.3, -0.25) is 4.79 Å². The van der Waals surface area contributed by atoms with Crippen molar-refractivity contribution >= 4 is 13.8 Å². The van der Waals surface area contributed by atoms with Gasteiger partial charge in [0.05, 0.1) is 7.85 Å². The van der Waals surface area contributed by atoms with Crippen LogP contribution in [0, 0.1) is 5.92 Å². The number of hydrogen-bond acceptors (Lipinski definition) is 1. The Morgan fingerprint density at radius 1 is 1.70 bits per heavy atom. The Hall–Kier alpha value is -0.465. The molecule has 0 saturated heterocycles. The molecular weight excluding hydrogens is 125 g/mol. The SMILES string of the molecule is [B]C(C)(CC(N)=O)C(C)C. The van der Waals surface area contributed by atoms with Crippen LogP contribution < -0.4 is 5.73 Å². The third-order valence-corrected chi connectivity index (χ3v) is 1.87. The number of carbonyl (C=O) groups is 1. The van der Waals surface area contributed by atoms with E-state index in [1.165, 1.54) is 0 Å². The van der Waals surface area contributed by atoms with Crippen LogP contribution in [0.3, 0.4) is 0 Å². The molecule has 0 saturated carbocycles. The first kappa shape index (κ1) is 9.53. The first-order chi connectivity index (χ1) is 4.36. The molecule has 0 bridgehead atoms. The quantitative estimate of drug-likeness (QED) is 0.579. The van der Waals surface area contributed by atoms with Crippen molar-refractivity contribution in [3.05, 3.63) is 0 Å². The normalized spacial score (nSPS) is 16.8. The third kappa shape index (κ3) is 2.90. The van der Waals surface area contributed by atoms with E-state index in [0.717, 1.165) is 0 Å². The standard InChI is InChI=1S/C7H14BNO/c1-5(2)7(3,8)4-6(9)10/h5H,4H2,1-3H3,(H2,9,10). The predicted molar refractivity (Wildman–Crippen MR) is 42.8 cm³/mol.